The van der Waals surface area contributed by atoms with Gasteiger partial charge in [-0.05, 0) is 37.3 Å². The predicted molar refractivity (Wildman–Crippen MR) is 143 cm³/mol. The molecule has 0 spiro atoms. The molecule has 0 aliphatic carbocycles. The highest BCUT2D eigenvalue weighted by atomic mass is 35.5. The zero-order valence-corrected chi connectivity index (χ0v) is 21.9. The number of imidazole rings is 1. The number of fused-ring (bicyclic) bond motifs is 1. The summed E-state index contributed by atoms with van der Waals surface area (Å²) in [7, 11) is 0. The first kappa shape index (κ1) is 28.0. The Labute approximate surface area is 212 Å². The summed E-state index contributed by atoms with van der Waals surface area (Å²) >= 11 is 6.54. The highest BCUT2D eigenvalue weighted by Crippen LogP contribution is 2.31. The van der Waals surface area contributed by atoms with Crippen LogP contribution in [-0.2, 0) is 4.79 Å². The molecule has 9 heteroatoms. The largest absolute Gasteiger partial charge is 0.336 e. The van der Waals surface area contributed by atoms with Crippen molar-refractivity contribution in [2.75, 3.05) is 31.5 Å². The number of aromatic nitrogens is 3. The fourth-order valence-corrected chi connectivity index (χ4v) is 4.07. The van der Waals surface area contributed by atoms with Crippen LogP contribution in [0.3, 0.4) is 0 Å². The van der Waals surface area contributed by atoms with Gasteiger partial charge in [-0.25, -0.2) is 4.98 Å². The first-order valence-corrected chi connectivity index (χ1v) is 12.4. The van der Waals surface area contributed by atoms with E-state index < -0.39 is 0 Å². The number of hydrogen-bond acceptors (Lipinski definition) is 5. The van der Waals surface area contributed by atoms with Gasteiger partial charge in [0.25, 0.3) is 5.91 Å². The molecule has 3 aromatic rings. The Hall–Kier alpha value is -3.23. The number of hydrogen-bond donors (Lipinski definition) is 2. The highest BCUT2D eigenvalue weighted by molar-refractivity contribution is 6.35. The standard InChI is InChI=1S/C22H23ClN6O2.2C2H6/c1-3-19(30)28-10-9-24-12-16(13-28)29-20-17(23)5-4-6-18(20)26-22(29)27-21(31)15-7-8-25-14(2)11-15;2*1-2/h3-8,11,16,24H,1,9-10,12-13H2,2H3,(H,26,27,31);2*1-2H3. The molecule has 35 heavy (non-hydrogen) atoms. The van der Waals surface area contributed by atoms with Crippen molar-refractivity contribution in [2.24, 2.45) is 0 Å². The minimum absolute atomic E-state index is 0.137. The maximum atomic E-state index is 12.9. The van der Waals surface area contributed by atoms with E-state index in [4.69, 9.17) is 11.6 Å². The van der Waals surface area contributed by atoms with Gasteiger partial charge in [-0.15, -0.1) is 0 Å². The third kappa shape index (κ3) is 6.68. The molecule has 1 aliphatic heterocycles. The Morgan fingerprint density at radius 2 is 1.97 bits per heavy atom. The van der Waals surface area contributed by atoms with Crippen LogP contribution < -0.4 is 10.6 Å². The number of halogens is 1. The molecule has 1 unspecified atom stereocenters. The second-order valence-electron chi connectivity index (χ2n) is 7.40. The van der Waals surface area contributed by atoms with Crippen LogP contribution in [0.4, 0.5) is 5.95 Å². The normalized spacial score (nSPS) is 15.1. The van der Waals surface area contributed by atoms with Crippen molar-refractivity contribution in [1.29, 1.82) is 0 Å². The fraction of sp³-hybridized carbons (Fsp3) is 0.385. The van der Waals surface area contributed by atoms with Crippen molar-refractivity contribution in [2.45, 2.75) is 40.7 Å². The molecular weight excluding hydrogens is 464 g/mol. The van der Waals surface area contributed by atoms with Crippen molar-refractivity contribution in [3.8, 4) is 0 Å². The lowest BCUT2D eigenvalue weighted by atomic mass is 10.2. The Bertz CT molecular complexity index is 1160. The van der Waals surface area contributed by atoms with Crippen LogP contribution in [0.1, 0.15) is 49.8 Å². The molecule has 2 N–H and O–H groups in total. The van der Waals surface area contributed by atoms with Crippen LogP contribution in [0.25, 0.3) is 11.0 Å². The molecule has 8 nitrogen and oxygen atoms in total. The number of para-hydroxylation sites is 1. The molecule has 188 valence electrons. The number of pyridine rings is 1. The average Bonchev–Trinajstić information content (AvgIpc) is 3.08. The van der Waals surface area contributed by atoms with Crippen LogP contribution >= 0.6 is 11.6 Å². The lowest BCUT2D eigenvalue weighted by Crippen LogP contribution is -2.35. The summed E-state index contributed by atoms with van der Waals surface area (Å²) in [5.74, 6) is -0.0527. The van der Waals surface area contributed by atoms with Crippen molar-refractivity contribution in [3.05, 3.63) is 65.5 Å². The smallest absolute Gasteiger partial charge is 0.258 e. The van der Waals surface area contributed by atoms with Crippen LogP contribution in [0.2, 0.25) is 5.02 Å². The molecule has 1 saturated heterocycles. The molecule has 4 rings (SSSR count). The summed E-state index contributed by atoms with van der Waals surface area (Å²) in [5, 5.41) is 6.80. The third-order valence-electron chi connectivity index (χ3n) is 5.27. The summed E-state index contributed by atoms with van der Waals surface area (Å²) in [4.78, 5) is 35.7. The topological polar surface area (TPSA) is 92.2 Å². The van der Waals surface area contributed by atoms with Gasteiger partial charge in [0.15, 0.2) is 0 Å². The van der Waals surface area contributed by atoms with Crippen LogP contribution in [0, 0.1) is 6.92 Å². The highest BCUT2D eigenvalue weighted by Gasteiger charge is 2.27. The van der Waals surface area contributed by atoms with Gasteiger partial charge in [0.1, 0.15) is 0 Å². The molecule has 0 saturated carbocycles. The molecular formula is C26H35ClN6O2. The predicted octanol–water partition coefficient (Wildman–Crippen LogP) is 4.86. The second kappa shape index (κ2) is 13.6. The summed E-state index contributed by atoms with van der Waals surface area (Å²) < 4.78 is 1.91. The van der Waals surface area contributed by atoms with E-state index in [1.165, 1.54) is 6.08 Å². The van der Waals surface area contributed by atoms with Crippen molar-refractivity contribution in [1.82, 2.24) is 24.8 Å². The van der Waals surface area contributed by atoms with Gasteiger partial charge in [0, 0.05) is 43.6 Å². The van der Waals surface area contributed by atoms with Crippen molar-refractivity contribution < 1.29 is 9.59 Å². The number of anilines is 1. The molecule has 3 heterocycles. The third-order valence-corrected chi connectivity index (χ3v) is 5.57. The second-order valence-corrected chi connectivity index (χ2v) is 7.81. The Morgan fingerprint density at radius 3 is 2.66 bits per heavy atom. The fourth-order valence-electron chi connectivity index (χ4n) is 3.81. The minimum atomic E-state index is -0.293. The molecule has 2 aromatic heterocycles. The monoisotopic (exact) mass is 498 g/mol. The number of benzene rings is 1. The van der Waals surface area contributed by atoms with Crippen molar-refractivity contribution in [3.63, 3.8) is 0 Å². The Balaban J connectivity index is 0.00000103. The van der Waals surface area contributed by atoms with Gasteiger partial charge in [-0.2, -0.15) is 0 Å². The minimum Gasteiger partial charge on any atom is -0.336 e. The van der Waals surface area contributed by atoms with Crippen molar-refractivity contribution >= 4 is 40.4 Å². The van der Waals surface area contributed by atoms with E-state index in [1.807, 2.05) is 51.3 Å². The summed E-state index contributed by atoms with van der Waals surface area (Å²) in [6, 6.07) is 8.63. The summed E-state index contributed by atoms with van der Waals surface area (Å²) in [5.41, 5.74) is 2.61. The maximum Gasteiger partial charge on any atom is 0.258 e. The zero-order valence-electron chi connectivity index (χ0n) is 21.1. The first-order valence-electron chi connectivity index (χ1n) is 12.0. The molecule has 1 atom stereocenters. The molecule has 0 radical (unpaired) electrons. The van der Waals surface area contributed by atoms with Gasteiger partial charge in [-0.3, -0.25) is 19.9 Å². The quantitative estimate of drug-likeness (QED) is 0.501. The number of nitrogens with zero attached hydrogens (tertiary/aromatic N) is 4. The number of nitrogens with one attached hydrogen (secondary N) is 2. The van der Waals surface area contributed by atoms with Gasteiger partial charge < -0.3 is 14.8 Å². The van der Waals surface area contributed by atoms with E-state index >= 15 is 0 Å². The van der Waals surface area contributed by atoms with E-state index in [1.54, 1.807) is 29.3 Å². The van der Waals surface area contributed by atoms with E-state index in [9.17, 15) is 9.59 Å². The lowest BCUT2D eigenvalue weighted by Gasteiger charge is -2.25. The van der Waals surface area contributed by atoms with Gasteiger partial charge in [0.2, 0.25) is 11.9 Å². The van der Waals surface area contributed by atoms with Gasteiger partial charge in [-0.1, -0.05) is 51.9 Å². The summed E-state index contributed by atoms with van der Waals surface area (Å²) in [6.07, 6.45) is 2.91. The van der Waals surface area contributed by atoms with Crippen LogP contribution in [0.15, 0.2) is 49.2 Å². The summed E-state index contributed by atoms with van der Waals surface area (Å²) in [6.45, 7) is 15.7. The average molecular weight is 499 g/mol. The molecule has 0 bridgehead atoms. The Kier molecular flexibility index (Phi) is 10.9. The number of carbonyl (C=O) groups is 2. The Morgan fingerprint density at radius 1 is 1.23 bits per heavy atom. The number of carbonyl (C=O) groups excluding carboxylic acids is 2. The lowest BCUT2D eigenvalue weighted by molar-refractivity contribution is -0.126. The zero-order chi connectivity index (χ0) is 26.0. The van der Waals surface area contributed by atoms with E-state index in [0.29, 0.717) is 53.7 Å². The molecule has 1 aliphatic rings. The first-order chi connectivity index (χ1) is 17.0. The van der Waals surface area contributed by atoms with E-state index in [-0.39, 0.29) is 17.9 Å². The van der Waals surface area contributed by atoms with E-state index in [2.05, 4.69) is 27.2 Å². The van der Waals surface area contributed by atoms with Gasteiger partial charge >= 0.3 is 0 Å². The number of amides is 2. The van der Waals surface area contributed by atoms with E-state index in [0.717, 1.165) is 5.69 Å². The maximum absolute atomic E-state index is 12.9. The van der Waals surface area contributed by atoms with Crippen LogP contribution in [-0.4, -0.2) is 57.4 Å². The molecule has 2 amide bonds. The number of aryl methyl sites for hydroxylation is 1. The number of rotatable bonds is 4. The SMILES string of the molecule is C=CC(=O)N1CCNCC(n2c(NC(=O)c3ccnc(C)c3)nc3cccc(Cl)c32)C1.CC.CC. The molecule has 1 fully saturated rings. The van der Waals surface area contributed by atoms with Gasteiger partial charge in [0.05, 0.1) is 22.1 Å². The molecule has 1 aromatic carbocycles. The van der Waals surface area contributed by atoms with Crippen LogP contribution in [0.5, 0.6) is 0 Å².